The van der Waals surface area contributed by atoms with E-state index in [1.807, 2.05) is 54.6 Å². The molecular formula is C32H34O5. The van der Waals surface area contributed by atoms with E-state index in [0.717, 1.165) is 59.8 Å². The van der Waals surface area contributed by atoms with Crippen molar-refractivity contribution in [3.63, 3.8) is 0 Å². The second-order valence-corrected chi connectivity index (χ2v) is 8.81. The molecule has 0 heterocycles. The lowest BCUT2D eigenvalue weighted by Crippen LogP contribution is -1.97. The Morgan fingerprint density at radius 2 is 0.919 bits per heavy atom. The van der Waals surface area contributed by atoms with E-state index in [1.165, 1.54) is 11.1 Å². The van der Waals surface area contributed by atoms with Gasteiger partial charge in [0.15, 0.2) is 11.5 Å². The van der Waals surface area contributed by atoms with Gasteiger partial charge in [-0.2, -0.15) is 0 Å². The van der Waals surface area contributed by atoms with Gasteiger partial charge in [-0.15, -0.1) is 0 Å². The van der Waals surface area contributed by atoms with Crippen molar-refractivity contribution >= 4 is 0 Å². The van der Waals surface area contributed by atoms with Gasteiger partial charge in [-0.1, -0.05) is 30.3 Å². The summed E-state index contributed by atoms with van der Waals surface area (Å²) in [5, 5.41) is 0. The summed E-state index contributed by atoms with van der Waals surface area (Å²) in [7, 11) is 6.69. The zero-order valence-electron chi connectivity index (χ0n) is 22.0. The van der Waals surface area contributed by atoms with E-state index >= 15 is 0 Å². The second-order valence-electron chi connectivity index (χ2n) is 8.81. The Morgan fingerprint density at radius 3 is 1.51 bits per heavy atom. The molecule has 0 atom stereocenters. The molecule has 4 rings (SSSR count). The van der Waals surface area contributed by atoms with Crippen LogP contribution < -0.4 is 23.7 Å². The minimum absolute atomic E-state index is 0.694. The standard InChI is InChI=1S/C32H34O5/c1-33-27-9-5-7-23(17-27)11-12-24-8-6-10-28(18-24)37-31-16-15-25(21-32(31)36-4)13-14-26-19-29(34-2)22-30(20-26)35-3/h5-10,15-22H,11-14H2,1-4H3. The molecule has 0 fully saturated rings. The number of hydrogen-bond acceptors (Lipinski definition) is 5. The fourth-order valence-corrected chi connectivity index (χ4v) is 4.26. The number of rotatable bonds is 12. The third-order valence-electron chi connectivity index (χ3n) is 6.30. The summed E-state index contributed by atoms with van der Waals surface area (Å²) in [5.74, 6) is 4.66. The number of hydrogen-bond donors (Lipinski definition) is 0. The summed E-state index contributed by atoms with van der Waals surface area (Å²) in [6.45, 7) is 0. The van der Waals surface area contributed by atoms with Gasteiger partial charge in [0, 0.05) is 6.07 Å². The summed E-state index contributed by atoms with van der Waals surface area (Å²) >= 11 is 0. The fraction of sp³-hybridized carbons (Fsp3) is 0.250. The number of aryl methyl sites for hydroxylation is 4. The first-order valence-electron chi connectivity index (χ1n) is 12.4. The van der Waals surface area contributed by atoms with Crippen LogP contribution in [0.5, 0.6) is 34.5 Å². The number of ether oxygens (including phenoxy) is 5. The molecule has 0 bridgehead atoms. The third kappa shape index (κ3) is 7.20. The predicted octanol–water partition coefficient (Wildman–Crippen LogP) is 7.08. The highest BCUT2D eigenvalue weighted by Gasteiger charge is 2.09. The zero-order chi connectivity index (χ0) is 26.0. The third-order valence-corrected chi connectivity index (χ3v) is 6.30. The second kappa shape index (κ2) is 12.7. The molecular weight excluding hydrogens is 464 g/mol. The van der Waals surface area contributed by atoms with Crippen molar-refractivity contribution in [2.45, 2.75) is 25.7 Å². The van der Waals surface area contributed by atoms with Crippen molar-refractivity contribution in [2.75, 3.05) is 28.4 Å². The summed E-state index contributed by atoms with van der Waals surface area (Å²) in [5.41, 5.74) is 4.78. The van der Waals surface area contributed by atoms with E-state index in [-0.39, 0.29) is 0 Å². The summed E-state index contributed by atoms with van der Waals surface area (Å²) in [4.78, 5) is 0. The van der Waals surface area contributed by atoms with Gasteiger partial charge in [0.05, 0.1) is 28.4 Å². The van der Waals surface area contributed by atoms with Gasteiger partial charge in [-0.3, -0.25) is 0 Å². The topological polar surface area (TPSA) is 46.2 Å². The maximum Gasteiger partial charge on any atom is 0.169 e. The van der Waals surface area contributed by atoms with E-state index in [2.05, 4.69) is 30.3 Å². The Hall–Kier alpha value is -4.12. The van der Waals surface area contributed by atoms with Gasteiger partial charge in [-0.05, 0) is 96.5 Å². The molecule has 4 aromatic carbocycles. The Morgan fingerprint density at radius 1 is 0.405 bits per heavy atom. The van der Waals surface area contributed by atoms with E-state index < -0.39 is 0 Å². The molecule has 4 aromatic rings. The first-order chi connectivity index (χ1) is 18.1. The molecule has 5 nitrogen and oxygen atoms in total. The molecule has 0 spiro atoms. The monoisotopic (exact) mass is 498 g/mol. The van der Waals surface area contributed by atoms with E-state index in [0.29, 0.717) is 11.5 Å². The van der Waals surface area contributed by atoms with Crippen molar-refractivity contribution in [1.82, 2.24) is 0 Å². The predicted molar refractivity (Wildman–Crippen MR) is 147 cm³/mol. The lowest BCUT2D eigenvalue weighted by molar-refractivity contribution is 0.378. The lowest BCUT2D eigenvalue weighted by atomic mass is 10.0. The summed E-state index contributed by atoms with van der Waals surface area (Å²) in [6.07, 6.45) is 3.55. The highest BCUT2D eigenvalue weighted by Crippen LogP contribution is 2.33. The van der Waals surface area contributed by atoms with Gasteiger partial charge in [0.25, 0.3) is 0 Å². The van der Waals surface area contributed by atoms with E-state index in [1.54, 1.807) is 28.4 Å². The van der Waals surface area contributed by atoms with Crippen LogP contribution in [0.1, 0.15) is 22.3 Å². The average molecular weight is 499 g/mol. The molecule has 192 valence electrons. The van der Waals surface area contributed by atoms with Crippen molar-refractivity contribution in [3.8, 4) is 34.5 Å². The molecule has 0 saturated carbocycles. The maximum absolute atomic E-state index is 6.23. The average Bonchev–Trinajstić information content (AvgIpc) is 2.95. The smallest absolute Gasteiger partial charge is 0.169 e. The van der Waals surface area contributed by atoms with Crippen molar-refractivity contribution < 1.29 is 23.7 Å². The van der Waals surface area contributed by atoms with Crippen LogP contribution in [-0.2, 0) is 25.7 Å². The van der Waals surface area contributed by atoms with Gasteiger partial charge in [0.2, 0.25) is 0 Å². The van der Waals surface area contributed by atoms with Crippen LogP contribution in [0.2, 0.25) is 0 Å². The van der Waals surface area contributed by atoms with E-state index in [4.69, 9.17) is 23.7 Å². The number of methoxy groups -OCH3 is 4. The molecule has 0 aliphatic heterocycles. The fourth-order valence-electron chi connectivity index (χ4n) is 4.26. The van der Waals surface area contributed by atoms with Crippen LogP contribution in [0.15, 0.2) is 84.9 Å². The molecule has 0 radical (unpaired) electrons. The summed E-state index contributed by atoms with van der Waals surface area (Å²) < 4.78 is 28.0. The molecule has 0 amide bonds. The largest absolute Gasteiger partial charge is 0.497 e. The molecule has 5 heteroatoms. The molecule has 0 aliphatic carbocycles. The van der Waals surface area contributed by atoms with Crippen LogP contribution in [0.4, 0.5) is 0 Å². The van der Waals surface area contributed by atoms with Crippen molar-refractivity contribution in [3.05, 3.63) is 107 Å². The Kier molecular flexibility index (Phi) is 8.93. The molecule has 37 heavy (non-hydrogen) atoms. The Bertz CT molecular complexity index is 1290. The van der Waals surface area contributed by atoms with Crippen LogP contribution in [0.3, 0.4) is 0 Å². The van der Waals surface area contributed by atoms with Gasteiger partial charge >= 0.3 is 0 Å². The van der Waals surface area contributed by atoms with Gasteiger partial charge in [-0.25, -0.2) is 0 Å². The molecule has 0 saturated heterocycles. The molecule has 0 N–H and O–H groups in total. The first kappa shape index (κ1) is 26.0. The van der Waals surface area contributed by atoms with Crippen LogP contribution in [-0.4, -0.2) is 28.4 Å². The molecule has 0 aliphatic rings. The Balaban J connectivity index is 1.41. The minimum Gasteiger partial charge on any atom is -0.497 e. The normalized spacial score (nSPS) is 10.6. The van der Waals surface area contributed by atoms with Gasteiger partial charge in [0.1, 0.15) is 23.0 Å². The van der Waals surface area contributed by atoms with E-state index in [9.17, 15) is 0 Å². The van der Waals surface area contributed by atoms with Crippen LogP contribution in [0, 0.1) is 0 Å². The maximum atomic E-state index is 6.23. The first-order valence-corrected chi connectivity index (χ1v) is 12.4. The van der Waals surface area contributed by atoms with Crippen LogP contribution in [0.25, 0.3) is 0 Å². The Labute approximate surface area is 219 Å². The highest BCUT2D eigenvalue weighted by molar-refractivity contribution is 5.46. The highest BCUT2D eigenvalue weighted by atomic mass is 16.5. The van der Waals surface area contributed by atoms with Crippen molar-refractivity contribution in [2.24, 2.45) is 0 Å². The molecule has 0 aromatic heterocycles. The number of benzene rings is 4. The summed E-state index contributed by atoms with van der Waals surface area (Å²) in [6, 6.07) is 28.5. The van der Waals surface area contributed by atoms with Crippen LogP contribution >= 0.6 is 0 Å². The minimum atomic E-state index is 0.694. The van der Waals surface area contributed by atoms with Crippen molar-refractivity contribution in [1.29, 1.82) is 0 Å². The molecule has 0 unspecified atom stereocenters. The quantitative estimate of drug-likeness (QED) is 0.209. The zero-order valence-corrected chi connectivity index (χ0v) is 22.0. The lowest BCUT2D eigenvalue weighted by Gasteiger charge is -2.13. The van der Waals surface area contributed by atoms with Gasteiger partial charge < -0.3 is 23.7 Å². The SMILES string of the molecule is COc1cccc(CCc2cccc(Oc3ccc(CCc4cc(OC)cc(OC)c4)cc3OC)c2)c1.